The highest BCUT2D eigenvalue weighted by Gasteiger charge is 2.32. The van der Waals surface area contributed by atoms with Crippen LogP contribution in [0.2, 0.25) is 0 Å². The first-order chi connectivity index (χ1) is 11.9. The Morgan fingerprint density at radius 2 is 1.96 bits per heavy atom. The van der Waals surface area contributed by atoms with Crippen LogP contribution < -0.4 is 5.32 Å². The Labute approximate surface area is 147 Å². The normalized spacial score (nSPS) is 16.8. The molecule has 130 valence electrons. The Bertz CT molecular complexity index is 800. The van der Waals surface area contributed by atoms with E-state index in [1.165, 1.54) is 0 Å². The van der Waals surface area contributed by atoms with Crippen LogP contribution in [0.25, 0.3) is 0 Å². The van der Waals surface area contributed by atoms with Gasteiger partial charge in [0.15, 0.2) is 5.78 Å². The summed E-state index contributed by atoms with van der Waals surface area (Å²) >= 11 is 0. The average molecular weight is 337 g/mol. The molecule has 1 amide bonds. The molecule has 0 saturated heterocycles. The number of nitrogens with one attached hydrogen (secondary N) is 1. The van der Waals surface area contributed by atoms with E-state index in [0.717, 1.165) is 11.3 Å². The van der Waals surface area contributed by atoms with Crippen LogP contribution >= 0.6 is 0 Å². The first-order valence-electron chi connectivity index (χ1n) is 8.64. The molecule has 0 aliphatic heterocycles. The minimum atomic E-state index is -0.251. The summed E-state index contributed by atoms with van der Waals surface area (Å²) in [6.07, 6.45) is 3.43. The van der Waals surface area contributed by atoms with Gasteiger partial charge in [-0.25, -0.2) is 9.97 Å². The Morgan fingerprint density at radius 1 is 1.24 bits per heavy atom. The fraction of sp³-hybridized carbons (Fsp3) is 0.400. The molecule has 0 unspecified atom stereocenters. The molecule has 5 heteroatoms. The zero-order chi connectivity index (χ0) is 18.0. The van der Waals surface area contributed by atoms with E-state index < -0.39 is 0 Å². The third-order valence-corrected chi connectivity index (χ3v) is 4.61. The summed E-state index contributed by atoms with van der Waals surface area (Å²) in [5.41, 5.74) is 2.15. The minimum Gasteiger partial charge on any atom is -0.294 e. The second kappa shape index (κ2) is 6.75. The number of anilines is 1. The van der Waals surface area contributed by atoms with Crippen LogP contribution in [0.1, 0.15) is 61.1 Å². The molecule has 2 aromatic rings. The van der Waals surface area contributed by atoms with Gasteiger partial charge in [0, 0.05) is 12.6 Å². The van der Waals surface area contributed by atoms with Crippen molar-refractivity contribution in [2.75, 3.05) is 5.32 Å². The summed E-state index contributed by atoms with van der Waals surface area (Å²) in [6.45, 7) is 6.08. The van der Waals surface area contributed by atoms with Gasteiger partial charge in [-0.2, -0.15) is 0 Å². The van der Waals surface area contributed by atoms with Crippen LogP contribution in [0, 0.1) is 5.41 Å². The highest BCUT2D eigenvalue weighted by Crippen LogP contribution is 2.33. The lowest BCUT2D eigenvalue weighted by Crippen LogP contribution is -2.29. The van der Waals surface area contributed by atoms with Gasteiger partial charge < -0.3 is 0 Å². The molecule has 0 bridgehead atoms. The molecule has 1 aromatic heterocycles. The van der Waals surface area contributed by atoms with Crippen molar-refractivity contribution in [1.29, 1.82) is 0 Å². The highest BCUT2D eigenvalue weighted by molar-refractivity contribution is 5.99. The van der Waals surface area contributed by atoms with Gasteiger partial charge >= 0.3 is 0 Å². The number of ketones is 1. The summed E-state index contributed by atoms with van der Waals surface area (Å²) in [6, 6.07) is 9.67. The number of rotatable bonds is 4. The van der Waals surface area contributed by atoms with E-state index in [1.54, 1.807) is 6.20 Å². The van der Waals surface area contributed by atoms with E-state index in [-0.39, 0.29) is 29.0 Å². The Balaban J connectivity index is 1.81. The van der Waals surface area contributed by atoms with Crippen molar-refractivity contribution in [1.82, 2.24) is 9.97 Å². The fourth-order valence-corrected chi connectivity index (χ4v) is 3.35. The molecule has 0 saturated carbocycles. The predicted molar refractivity (Wildman–Crippen MR) is 96.6 cm³/mol. The van der Waals surface area contributed by atoms with Crippen molar-refractivity contribution < 1.29 is 9.59 Å². The van der Waals surface area contributed by atoms with Gasteiger partial charge in [0.2, 0.25) is 11.9 Å². The SMILES string of the molecule is CC[C@H](C(=O)Nc1ncc2c(n1)CC(C)(C)CC2=O)c1ccccc1. The van der Waals surface area contributed by atoms with E-state index in [0.29, 0.717) is 24.8 Å². The number of benzene rings is 1. The third kappa shape index (κ3) is 3.76. The van der Waals surface area contributed by atoms with Crippen molar-refractivity contribution in [3.8, 4) is 0 Å². The topological polar surface area (TPSA) is 72.0 Å². The monoisotopic (exact) mass is 337 g/mol. The number of fused-ring (bicyclic) bond motifs is 1. The number of carbonyl (C=O) groups excluding carboxylic acids is 2. The molecule has 0 radical (unpaired) electrons. The van der Waals surface area contributed by atoms with Gasteiger partial charge in [-0.3, -0.25) is 14.9 Å². The quantitative estimate of drug-likeness (QED) is 0.922. The molecule has 1 atom stereocenters. The number of amides is 1. The molecule has 1 heterocycles. The maximum atomic E-state index is 12.6. The molecule has 1 aliphatic carbocycles. The number of aromatic nitrogens is 2. The summed E-state index contributed by atoms with van der Waals surface area (Å²) in [5.74, 6) is -0.0440. The second-order valence-electron chi connectivity index (χ2n) is 7.36. The summed E-state index contributed by atoms with van der Waals surface area (Å²) < 4.78 is 0. The van der Waals surface area contributed by atoms with Gasteiger partial charge in [0.05, 0.1) is 17.2 Å². The first-order valence-corrected chi connectivity index (χ1v) is 8.64. The smallest absolute Gasteiger partial charge is 0.234 e. The zero-order valence-electron chi connectivity index (χ0n) is 14.9. The summed E-state index contributed by atoms with van der Waals surface area (Å²) in [7, 11) is 0. The molecule has 1 aliphatic rings. The van der Waals surface area contributed by atoms with Crippen LogP contribution in [-0.2, 0) is 11.2 Å². The summed E-state index contributed by atoms with van der Waals surface area (Å²) in [5, 5.41) is 2.81. The zero-order valence-corrected chi connectivity index (χ0v) is 14.9. The summed E-state index contributed by atoms with van der Waals surface area (Å²) in [4.78, 5) is 33.5. The van der Waals surface area contributed by atoms with Crippen molar-refractivity contribution in [3.05, 3.63) is 53.3 Å². The Morgan fingerprint density at radius 3 is 2.64 bits per heavy atom. The van der Waals surface area contributed by atoms with Gasteiger partial charge in [0.25, 0.3) is 0 Å². The van der Waals surface area contributed by atoms with Crippen LogP contribution in [0.4, 0.5) is 5.95 Å². The van der Waals surface area contributed by atoms with Crippen molar-refractivity contribution >= 4 is 17.6 Å². The van der Waals surface area contributed by atoms with Gasteiger partial charge in [0.1, 0.15) is 0 Å². The molecule has 3 rings (SSSR count). The van der Waals surface area contributed by atoms with Gasteiger partial charge in [-0.1, -0.05) is 51.1 Å². The second-order valence-corrected chi connectivity index (χ2v) is 7.36. The van der Waals surface area contributed by atoms with Gasteiger partial charge in [-0.15, -0.1) is 0 Å². The van der Waals surface area contributed by atoms with E-state index in [1.807, 2.05) is 37.3 Å². The number of hydrogen-bond acceptors (Lipinski definition) is 4. The fourth-order valence-electron chi connectivity index (χ4n) is 3.35. The molecule has 1 N–H and O–H groups in total. The number of Topliss-reactive ketones (excluding diaryl/α,β-unsaturated/α-hetero) is 1. The number of carbonyl (C=O) groups is 2. The van der Waals surface area contributed by atoms with Crippen LogP contribution in [-0.4, -0.2) is 21.7 Å². The average Bonchev–Trinajstić information content (AvgIpc) is 2.55. The van der Waals surface area contributed by atoms with Crippen LogP contribution in [0.15, 0.2) is 36.5 Å². The third-order valence-electron chi connectivity index (χ3n) is 4.61. The van der Waals surface area contributed by atoms with E-state index in [9.17, 15) is 9.59 Å². The van der Waals surface area contributed by atoms with E-state index in [4.69, 9.17) is 0 Å². The van der Waals surface area contributed by atoms with Crippen LogP contribution in [0.3, 0.4) is 0 Å². The largest absolute Gasteiger partial charge is 0.294 e. The first kappa shape index (κ1) is 17.3. The predicted octanol–water partition coefficient (Wildman–Crippen LogP) is 3.76. The molecule has 5 nitrogen and oxygen atoms in total. The Hall–Kier alpha value is -2.56. The van der Waals surface area contributed by atoms with Gasteiger partial charge in [-0.05, 0) is 23.8 Å². The maximum Gasteiger partial charge on any atom is 0.234 e. The number of nitrogens with zero attached hydrogens (tertiary/aromatic N) is 2. The van der Waals surface area contributed by atoms with Crippen molar-refractivity contribution in [3.63, 3.8) is 0 Å². The molecule has 1 aromatic carbocycles. The molecule has 0 spiro atoms. The lowest BCUT2D eigenvalue weighted by molar-refractivity contribution is -0.117. The molecular weight excluding hydrogens is 314 g/mol. The molecular formula is C20H23N3O2. The van der Waals surface area contributed by atoms with E-state index >= 15 is 0 Å². The van der Waals surface area contributed by atoms with Crippen LogP contribution in [0.5, 0.6) is 0 Å². The van der Waals surface area contributed by atoms with Crippen molar-refractivity contribution in [2.45, 2.75) is 46.0 Å². The lowest BCUT2D eigenvalue weighted by atomic mass is 9.76. The van der Waals surface area contributed by atoms with Crippen molar-refractivity contribution in [2.24, 2.45) is 5.41 Å². The van der Waals surface area contributed by atoms with E-state index in [2.05, 4.69) is 29.1 Å². The molecule has 0 fully saturated rings. The maximum absolute atomic E-state index is 12.6. The standard InChI is InChI=1S/C20H23N3O2/c1-4-14(13-8-6-5-7-9-13)18(25)23-19-21-12-15-16(22-19)10-20(2,3)11-17(15)24/h5-9,12,14H,4,10-11H2,1-3H3,(H,21,22,23,25)/t14-/m0/s1. The highest BCUT2D eigenvalue weighted by atomic mass is 16.2. The minimum absolute atomic E-state index is 0.0693. The number of hydrogen-bond donors (Lipinski definition) is 1. The Kier molecular flexibility index (Phi) is 4.66. The molecule has 25 heavy (non-hydrogen) atoms. The lowest BCUT2D eigenvalue weighted by Gasteiger charge is -2.29.